The first-order valence-electron chi connectivity index (χ1n) is 2.41. The van der Waals surface area contributed by atoms with Crippen LogP contribution < -0.4 is 10.6 Å². The van der Waals surface area contributed by atoms with Crippen LogP contribution in [-0.4, -0.2) is 22.4 Å². The number of urea groups is 1. The second-order valence-electron chi connectivity index (χ2n) is 1.67. The molecule has 1 fully saturated rings. The molecule has 1 rings (SSSR count). The Morgan fingerprint density at radius 1 is 1.56 bits per heavy atom. The lowest BCUT2D eigenvalue weighted by Crippen LogP contribution is -2.29. The maximum Gasteiger partial charge on any atom is 0.322 e. The van der Waals surface area contributed by atoms with Crippen molar-refractivity contribution in [2.75, 3.05) is 4.43 Å². The van der Waals surface area contributed by atoms with Crippen molar-refractivity contribution in [2.24, 2.45) is 0 Å². The number of hydrogen-bond donors (Lipinski definition) is 2. The lowest BCUT2D eigenvalue weighted by molar-refractivity contribution is -0.119. The number of hydrogen-bond acceptors (Lipinski definition) is 2. The number of rotatable bonds is 1. The molecule has 0 aromatic rings. The van der Waals surface area contributed by atoms with Gasteiger partial charge < -0.3 is 5.32 Å². The van der Waals surface area contributed by atoms with E-state index in [1.165, 1.54) is 0 Å². The second kappa shape index (κ2) is 2.51. The van der Waals surface area contributed by atoms with E-state index in [1.54, 1.807) is 0 Å². The molecule has 1 atom stereocenters. The quantitative estimate of drug-likeness (QED) is 0.373. The van der Waals surface area contributed by atoms with Gasteiger partial charge in [0.05, 0.1) is 0 Å². The Kier molecular flexibility index (Phi) is 1.89. The van der Waals surface area contributed by atoms with Gasteiger partial charge in [0.2, 0.25) is 0 Å². The summed E-state index contributed by atoms with van der Waals surface area (Å²) in [5, 5.41) is 4.57. The molecule has 0 bridgehead atoms. The molecule has 0 aromatic heterocycles. The molecule has 3 amide bonds. The first-order valence-corrected chi connectivity index (χ1v) is 3.94. The molecule has 4 nitrogen and oxygen atoms in total. The number of imide groups is 1. The number of carbonyl (C=O) groups excluding carboxylic acids is 2. The van der Waals surface area contributed by atoms with E-state index in [0.29, 0.717) is 4.43 Å². The molecule has 2 N–H and O–H groups in total. The SMILES string of the molecule is O=C1NC(=O)C(CI)N1. The highest BCUT2D eigenvalue weighted by molar-refractivity contribution is 14.1. The van der Waals surface area contributed by atoms with Crippen LogP contribution >= 0.6 is 22.6 Å². The van der Waals surface area contributed by atoms with E-state index in [1.807, 2.05) is 22.6 Å². The summed E-state index contributed by atoms with van der Waals surface area (Å²) in [5.41, 5.74) is 0. The van der Waals surface area contributed by atoms with Crippen molar-refractivity contribution < 1.29 is 9.59 Å². The van der Waals surface area contributed by atoms with E-state index in [2.05, 4.69) is 10.6 Å². The summed E-state index contributed by atoms with van der Waals surface area (Å²) in [6.07, 6.45) is 0. The van der Waals surface area contributed by atoms with E-state index < -0.39 is 0 Å². The Morgan fingerprint density at radius 3 is 2.44 bits per heavy atom. The Morgan fingerprint density at radius 2 is 2.22 bits per heavy atom. The fourth-order valence-electron chi connectivity index (χ4n) is 0.568. The van der Waals surface area contributed by atoms with Crippen LogP contribution in [0.3, 0.4) is 0 Å². The number of alkyl halides is 1. The van der Waals surface area contributed by atoms with E-state index in [0.717, 1.165) is 0 Å². The summed E-state index contributed by atoms with van der Waals surface area (Å²) >= 11 is 2.04. The van der Waals surface area contributed by atoms with Crippen LogP contribution in [0.2, 0.25) is 0 Å². The molecule has 0 radical (unpaired) electrons. The van der Waals surface area contributed by atoms with Crippen molar-refractivity contribution in [3.05, 3.63) is 0 Å². The Hall–Kier alpha value is -0.330. The first kappa shape index (κ1) is 6.79. The lowest BCUT2D eigenvalue weighted by Gasteiger charge is -1.97. The number of carbonyl (C=O) groups is 2. The zero-order valence-corrected chi connectivity index (χ0v) is 6.64. The largest absolute Gasteiger partial charge is 0.325 e. The van der Waals surface area contributed by atoms with Crippen LogP contribution in [0.15, 0.2) is 0 Å². The van der Waals surface area contributed by atoms with Gasteiger partial charge in [-0.1, -0.05) is 22.6 Å². The van der Waals surface area contributed by atoms with Gasteiger partial charge in [-0.2, -0.15) is 0 Å². The third-order valence-corrected chi connectivity index (χ3v) is 1.89. The average molecular weight is 240 g/mol. The number of amides is 3. The maximum absolute atomic E-state index is 10.6. The van der Waals surface area contributed by atoms with E-state index in [4.69, 9.17) is 0 Å². The van der Waals surface area contributed by atoms with Crippen molar-refractivity contribution in [3.63, 3.8) is 0 Å². The zero-order valence-electron chi connectivity index (χ0n) is 4.48. The van der Waals surface area contributed by atoms with Gasteiger partial charge in [0.25, 0.3) is 5.91 Å². The molecule has 0 aromatic carbocycles. The molecule has 1 aliphatic heterocycles. The molecule has 0 aliphatic carbocycles. The fourth-order valence-corrected chi connectivity index (χ4v) is 1.19. The summed E-state index contributed by atoms with van der Waals surface area (Å²) in [5.74, 6) is -0.227. The first-order chi connectivity index (χ1) is 4.24. The minimum Gasteiger partial charge on any atom is -0.325 e. The summed E-state index contributed by atoms with van der Waals surface area (Å²) < 4.78 is 0.620. The van der Waals surface area contributed by atoms with Crippen LogP contribution in [-0.2, 0) is 4.79 Å². The van der Waals surface area contributed by atoms with Gasteiger partial charge in [0, 0.05) is 4.43 Å². The van der Waals surface area contributed by atoms with Gasteiger partial charge >= 0.3 is 6.03 Å². The van der Waals surface area contributed by atoms with E-state index in [-0.39, 0.29) is 18.0 Å². The van der Waals surface area contributed by atoms with Gasteiger partial charge in [-0.15, -0.1) is 0 Å². The van der Waals surface area contributed by atoms with Crippen LogP contribution in [0, 0.1) is 0 Å². The lowest BCUT2D eigenvalue weighted by atomic mass is 10.4. The van der Waals surface area contributed by atoms with Crippen LogP contribution in [0.25, 0.3) is 0 Å². The molecule has 1 heterocycles. The molecule has 0 saturated carbocycles. The topological polar surface area (TPSA) is 58.2 Å². The standard InChI is InChI=1S/C4H5IN2O2/c5-1-2-3(8)7-4(9)6-2/h2H,1H2,(H2,6,7,8,9). The highest BCUT2D eigenvalue weighted by Gasteiger charge is 2.27. The Bertz CT molecular complexity index is 159. The molecule has 0 spiro atoms. The molecule has 1 saturated heterocycles. The third-order valence-electron chi connectivity index (χ3n) is 1.01. The fraction of sp³-hybridized carbons (Fsp3) is 0.500. The Labute approximate surface area is 65.5 Å². The minimum absolute atomic E-state index is 0.227. The molecular formula is C4H5IN2O2. The van der Waals surface area contributed by atoms with Gasteiger partial charge in [-0.3, -0.25) is 10.1 Å². The normalized spacial score (nSPS) is 25.7. The zero-order chi connectivity index (χ0) is 6.85. The molecular weight excluding hydrogens is 235 g/mol. The summed E-state index contributed by atoms with van der Waals surface area (Å²) in [7, 11) is 0. The molecule has 1 unspecified atom stereocenters. The monoisotopic (exact) mass is 240 g/mol. The van der Waals surface area contributed by atoms with E-state index in [9.17, 15) is 9.59 Å². The highest BCUT2D eigenvalue weighted by Crippen LogP contribution is 1.96. The summed E-state index contributed by atoms with van der Waals surface area (Å²) in [4.78, 5) is 21.0. The predicted molar refractivity (Wildman–Crippen MR) is 39.3 cm³/mol. The number of halogens is 1. The van der Waals surface area contributed by atoms with Gasteiger partial charge in [0.15, 0.2) is 0 Å². The smallest absolute Gasteiger partial charge is 0.322 e. The van der Waals surface area contributed by atoms with Crippen molar-refractivity contribution in [1.82, 2.24) is 10.6 Å². The molecule has 1 aliphatic rings. The van der Waals surface area contributed by atoms with Crippen molar-refractivity contribution in [1.29, 1.82) is 0 Å². The van der Waals surface area contributed by atoms with Gasteiger partial charge in [-0.25, -0.2) is 4.79 Å². The van der Waals surface area contributed by atoms with Crippen LogP contribution in [0.4, 0.5) is 4.79 Å². The highest BCUT2D eigenvalue weighted by atomic mass is 127. The van der Waals surface area contributed by atoms with Crippen LogP contribution in [0.5, 0.6) is 0 Å². The van der Waals surface area contributed by atoms with Crippen molar-refractivity contribution >= 4 is 34.5 Å². The van der Waals surface area contributed by atoms with Crippen LogP contribution in [0.1, 0.15) is 0 Å². The van der Waals surface area contributed by atoms with E-state index >= 15 is 0 Å². The number of nitrogens with one attached hydrogen (secondary N) is 2. The second-order valence-corrected chi connectivity index (χ2v) is 2.55. The van der Waals surface area contributed by atoms with Gasteiger partial charge in [-0.05, 0) is 0 Å². The van der Waals surface area contributed by atoms with Gasteiger partial charge in [0.1, 0.15) is 6.04 Å². The molecule has 9 heavy (non-hydrogen) atoms. The third kappa shape index (κ3) is 1.32. The summed E-state index contributed by atoms with van der Waals surface area (Å²) in [6.45, 7) is 0. The van der Waals surface area contributed by atoms with Crippen molar-refractivity contribution in [3.8, 4) is 0 Å². The molecule has 50 valence electrons. The Balaban J connectivity index is 2.58. The molecule has 5 heteroatoms. The van der Waals surface area contributed by atoms with Crippen molar-refractivity contribution in [2.45, 2.75) is 6.04 Å². The maximum atomic E-state index is 10.6. The average Bonchev–Trinajstić information content (AvgIpc) is 2.10. The summed E-state index contributed by atoms with van der Waals surface area (Å²) in [6, 6.07) is -0.709. The predicted octanol–water partition coefficient (Wildman–Crippen LogP) is -0.371. The minimum atomic E-state index is -0.387.